The molecule has 2 rings (SSSR count). The van der Waals surface area contributed by atoms with Crippen LogP contribution in [0.25, 0.3) is 0 Å². The maximum Gasteiger partial charge on any atom is 0.151 e. The van der Waals surface area contributed by atoms with Crippen molar-refractivity contribution in [3.8, 4) is 5.75 Å². The number of aromatic nitrogens is 1. The molecule has 2 aromatic rings. The lowest BCUT2D eigenvalue weighted by Crippen LogP contribution is -1.99. The number of hydrogen-bond donors (Lipinski definition) is 0. The topological polar surface area (TPSA) is 39.2 Å². The van der Waals surface area contributed by atoms with E-state index < -0.39 is 0 Å². The quantitative estimate of drug-likeness (QED) is 0.754. The van der Waals surface area contributed by atoms with E-state index in [1.54, 1.807) is 6.07 Å². The zero-order valence-corrected chi connectivity index (χ0v) is 9.59. The first-order chi connectivity index (χ1) is 8.29. The first-order valence-electron chi connectivity index (χ1n) is 5.38. The molecule has 1 heterocycles. The van der Waals surface area contributed by atoms with Gasteiger partial charge in [-0.25, -0.2) is 0 Å². The summed E-state index contributed by atoms with van der Waals surface area (Å²) in [4.78, 5) is 14.8. The van der Waals surface area contributed by atoms with Crippen LogP contribution in [0.1, 0.15) is 21.6 Å². The fourth-order valence-electron chi connectivity index (χ4n) is 1.47. The summed E-state index contributed by atoms with van der Waals surface area (Å²) in [6.45, 7) is 2.33. The molecule has 0 unspecified atom stereocenters. The van der Waals surface area contributed by atoms with Crippen LogP contribution in [-0.2, 0) is 6.61 Å². The molecule has 0 aliphatic carbocycles. The monoisotopic (exact) mass is 227 g/mol. The Kier molecular flexibility index (Phi) is 3.50. The fraction of sp³-hybridized carbons (Fsp3) is 0.143. The minimum absolute atomic E-state index is 0.478. The number of aldehydes is 1. The third-order valence-electron chi connectivity index (χ3n) is 2.43. The lowest BCUT2D eigenvalue weighted by atomic mass is 10.2. The predicted octanol–water partition coefficient (Wildman–Crippen LogP) is 2.78. The molecule has 0 N–H and O–H groups in total. The number of benzene rings is 1. The van der Waals surface area contributed by atoms with Crippen molar-refractivity contribution in [3.05, 3.63) is 59.4 Å². The Morgan fingerprint density at radius 3 is 2.76 bits per heavy atom. The molecule has 0 spiro atoms. The van der Waals surface area contributed by atoms with Gasteiger partial charge in [0.05, 0.1) is 5.69 Å². The van der Waals surface area contributed by atoms with Gasteiger partial charge in [0.25, 0.3) is 0 Å². The van der Waals surface area contributed by atoms with Gasteiger partial charge in [-0.1, -0.05) is 30.3 Å². The van der Waals surface area contributed by atoms with Crippen LogP contribution in [0.15, 0.2) is 42.6 Å². The van der Waals surface area contributed by atoms with Gasteiger partial charge in [0.1, 0.15) is 12.4 Å². The van der Waals surface area contributed by atoms with Crippen LogP contribution in [0, 0.1) is 6.92 Å². The molecule has 0 fully saturated rings. The standard InChI is InChI=1S/C14H13NO2/c1-11-14(7-13(9-16)8-15-11)17-10-12-5-3-2-4-6-12/h2-9H,10H2,1H3. The summed E-state index contributed by atoms with van der Waals surface area (Å²) in [6, 6.07) is 11.6. The molecule has 0 radical (unpaired) electrons. The van der Waals surface area contributed by atoms with E-state index in [0.29, 0.717) is 17.9 Å². The van der Waals surface area contributed by atoms with E-state index in [0.717, 1.165) is 17.5 Å². The average molecular weight is 227 g/mol. The molecule has 0 bridgehead atoms. The second-order valence-corrected chi connectivity index (χ2v) is 3.74. The van der Waals surface area contributed by atoms with Gasteiger partial charge in [-0.2, -0.15) is 0 Å². The summed E-state index contributed by atoms with van der Waals surface area (Å²) in [7, 11) is 0. The molecular weight excluding hydrogens is 214 g/mol. The normalized spacial score (nSPS) is 9.94. The van der Waals surface area contributed by atoms with Gasteiger partial charge in [0, 0.05) is 11.8 Å². The number of aryl methyl sites for hydroxylation is 1. The number of nitrogens with zero attached hydrogens (tertiary/aromatic N) is 1. The van der Waals surface area contributed by atoms with E-state index in [1.807, 2.05) is 37.3 Å². The van der Waals surface area contributed by atoms with E-state index in [4.69, 9.17) is 4.74 Å². The Bertz CT molecular complexity index is 509. The number of hydrogen-bond acceptors (Lipinski definition) is 3. The summed E-state index contributed by atoms with van der Waals surface area (Å²) < 4.78 is 5.64. The maximum absolute atomic E-state index is 10.6. The van der Waals surface area contributed by atoms with E-state index in [1.165, 1.54) is 6.20 Å². The Balaban J connectivity index is 2.11. The lowest BCUT2D eigenvalue weighted by Gasteiger charge is -2.08. The second-order valence-electron chi connectivity index (χ2n) is 3.74. The molecule has 3 heteroatoms. The zero-order chi connectivity index (χ0) is 12.1. The predicted molar refractivity (Wildman–Crippen MR) is 65.1 cm³/mol. The largest absolute Gasteiger partial charge is 0.487 e. The molecule has 0 aliphatic rings. The van der Waals surface area contributed by atoms with Crippen LogP contribution in [0.2, 0.25) is 0 Å². The number of pyridine rings is 1. The van der Waals surface area contributed by atoms with Crippen LogP contribution >= 0.6 is 0 Å². The number of carbonyl (C=O) groups is 1. The van der Waals surface area contributed by atoms with Gasteiger partial charge in [-0.3, -0.25) is 9.78 Å². The first-order valence-corrected chi connectivity index (χ1v) is 5.38. The van der Waals surface area contributed by atoms with E-state index in [9.17, 15) is 4.79 Å². The average Bonchev–Trinajstić information content (AvgIpc) is 2.39. The van der Waals surface area contributed by atoms with Crippen molar-refractivity contribution in [2.24, 2.45) is 0 Å². The van der Waals surface area contributed by atoms with Crippen molar-refractivity contribution in [1.82, 2.24) is 4.98 Å². The summed E-state index contributed by atoms with van der Waals surface area (Å²) >= 11 is 0. The molecule has 3 nitrogen and oxygen atoms in total. The SMILES string of the molecule is Cc1ncc(C=O)cc1OCc1ccccc1. The highest BCUT2D eigenvalue weighted by Crippen LogP contribution is 2.17. The smallest absolute Gasteiger partial charge is 0.151 e. The molecule has 0 saturated carbocycles. The van der Waals surface area contributed by atoms with Gasteiger partial charge >= 0.3 is 0 Å². The highest BCUT2D eigenvalue weighted by atomic mass is 16.5. The molecule has 0 aliphatic heterocycles. The molecule has 1 aromatic heterocycles. The summed E-state index contributed by atoms with van der Waals surface area (Å²) in [6.07, 6.45) is 2.31. The van der Waals surface area contributed by atoms with Crippen LogP contribution in [0.3, 0.4) is 0 Å². The molecule has 17 heavy (non-hydrogen) atoms. The number of rotatable bonds is 4. The van der Waals surface area contributed by atoms with Gasteiger partial charge in [0.2, 0.25) is 0 Å². The van der Waals surface area contributed by atoms with Crippen molar-refractivity contribution in [2.75, 3.05) is 0 Å². The lowest BCUT2D eigenvalue weighted by molar-refractivity contribution is 0.112. The van der Waals surface area contributed by atoms with Gasteiger partial charge < -0.3 is 4.74 Å². The van der Waals surface area contributed by atoms with Gasteiger partial charge in [0.15, 0.2) is 6.29 Å². The number of ether oxygens (including phenoxy) is 1. The van der Waals surface area contributed by atoms with Crippen LogP contribution in [0.4, 0.5) is 0 Å². The van der Waals surface area contributed by atoms with Crippen LogP contribution in [0.5, 0.6) is 5.75 Å². The summed E-state index contributed by atoms with van der Waals surface area (Å²) in [5.74, 6) is 0.651. The van der Waals surface area contributed by atoms with Crippen LogP contribution in [-0.4, -0.2) is 11.3 Å². The van der Waals surface area contributed by atoms with E-state index in [2.05, 4.69) is 4.98 Å². The molecule has 0 amide bonds. The van der Waals surface area contributed by atoms with E-state index in [-0.39, 0.29) is 0 Å². The van der Waals surface area contributed by atoms with Crippen molar-refractivity contribution in [1.29, 1.82) is 0 Å². The molecule has 1 aromatic carbocycles. The van der Waals surface area contributed by atoms with Crippen molar-refractivity contribution < 1.29 is 9.53 Å². The Hall–Kier alpha value is -2.16. The van der Waals surface area contributed by atoms with Crippen LogP contribution < -0.4 is 4.74 Å². The Morgan fingerprint density at radius 1 is 1.29 bits per heavy atom. The second kappa shape index (κ2) is 5.25. The number of carbonyl (C=O) groups excluding carboxylic acids is 1. The third kappa shape index (κ3) is 2.91. The third-order valence-corrected chi connectivity index (χ3v) is 2.43. The zero-order valence-electron chi connectivity index (χ0n) is 9.59. The van der Waals surface area contributed by atoms with Crippen molar-refractivity contribution in [2.45, 2.75) is 13.5 Å². The molecule has 0 atom stereocenters. The highest BCUT2D eigenvalue weighted by molar-refractivity contribution is 5.74. The molecule has 0 saturated heterocycles. The summed E-state index contributed by atoms with van der Waals surface area (Å²) in [5.41, 5.74) is 2.40. The highest BCUT2D eigenvalue weighted by Gasteiger charge is 2.03. The van der Waals surface area contributed by atoms with Gasteiger partial charge in [-0.05, 0) is 18.6 Å². The minimum atomic E-state index is 0.478. The minimum Gasteiger partial charge on any atom is -0.487 e. The Morgan fingerprint density at radius 2 is 2.06 bits per heavy atom. The fourth-order valence-corrected chi connectivity index (χ4v) is 1.47. The Labute approximate surface area is 100 Å². The van der Waals surface area contributed by atoms with Crippen molar-refractivity contribution >= 4 is 6.29 Å². The van der Waals surface area contributed by atoms with E-state index >= 15 is 0 Å². The first kappa shape index (κ1) is 11.3. The maximum atomic E-state index is 10.6. The van der Waals surface area contributed by atoms with Gasteiger partial charge in [-0.15, -0.1) is 0 Å². The molecular formula is C14H13NO2. The summed E-state index contributed by atoms with van der Waals surface area (Å²) in [5, 5.41) is 0. The molecule has 86 valence electrons. The van der Waals surface area contributed by atoms with Crippen molar-refractivity contribution in [3.63, 3.8) is 0 Å².